The van der Waals surface area contributed by atoms with Crippen LogP contribution in [0, 0.1) is 0 Å². The fourth-order valence-corrected chi connectivity index (χ4v) is 4.62. The molecule has 0 aliphatic carbocycles. The Morgan fingerprint density at radius 1 is 1.30 bits per heavy atom. The van der Waals surface area contributed by atoms with E-state index in [1.54, 1.807) is 6.33 Å². The number of anilines is 1. The fourth-order valence-electron chi connectivity index (χ4n) is 4.40. The lowest BCUT2D eigenvalue weighted by Gasteiger charge is -2.38. The van der Waals surface area contributed by atoms with Crippen molar-refractivity contribution in [3.05, 3.63) is 46.5 Å². The second kappa shape index (κ2) is 7.85. The van der Waals surface area contributed by atoms with Crippen LogP contribution in [0.1, 0.15) is 20.3 Å². The van der Waals surface area contributed by atoms with E-state index in [9.17, 15) is 0 Å². The van der Waals surface area contributed by atoms with Crippen LogP contribution in [0.4, 0.5) is 5.82 Å². The summed E-state index contributed by atoms with van der Waals surface area (Å²) in [7, 11) is 0. The predicted octanol–water partition coefficient (Wildman–Crippen LogP) is 1.60. The molecule has 3 atom stereocenters. The molecule has 2 aromatic heterocycles. The second-order valence-electron chi connectivity index (χ2n) is 7.88. The van der Waals surface area contributed by atoms with E-state index >= 15 is 0 Å². The molecular formula is C21H25ClN8. The van der Waals surface area contributed by atoms with Crippen molar-refractivity contribution in [1.82, 2.24) is 29.7 Å². The second-order valence-corrected chi connectivity index (χ2v) is 8.29. The zero-order valence-corrected chi connectivity index (χ0v) is 17.8. The smallest absolute Gasteiger partial charge is 0.182 e. The maximum Gasteiger partial charge on any atom is 0.182 e. The van der Waals surface area contributed by atoms with Crippen LogP contribution < -0.4 is 15.9 Å². The number of aromatic amines is 1. The predicted molar refractivity (Wildman–Crippen MR) is 118 cm³/mol. The van der Waals surface area contributed by atoms with Crippen molar-refractivity contribution in [1.29, 1.82) is 0 Å². The van der Waals surface area contributed by atoms with Crippen LogP contribution in [-0.2, 0) is 0 Å². The Morgan fingerprint density at radius 3 is 3.03 bits per heavy atom. The van der Waals surface area contributed by atoms with Crippen molar-refractivity contribution < 1.29 is 0 Å². The molecule has 0 saturated carbocycles. The van der Waals surface area contributed by atoms with E-state index in [0.29, 0.717) is 11.7 Å². The molecule has 9 heteroatoms. The van der Waals surface area contributed by atoms with Gasteiger partial charge in [0.05, 0.1) is 22.7 Å². The summed E-state index contributed by atoms with van der Waals surface area (Å²) in [5.74, 6) is 0.735. The Bertz CT molecular complexity index is 1180. The summed E-state index contributed by atoms with van der Waals surface area (Å²) in [6.07, 6.45) is 6.40. The van der Waals surface area contributed by atoms with Gasteiger partial charge < -0.3 is 20.1 Å². The minimum Gasteiger partial charge on any atom is -0.362 e. The molecule has 2 aliphatic rings. The average molecular weight is 425 g/mol. The summed E-state index contributed by atoms with van der Waals surface area (Å²) in [5, 5.41) is 6.20. The third kappa shape index (κ3) is 3.40. The Kier molecular flexibility index (Phi) is 5.04. The van der Waals surface area contributed by atoms with Crippen molar-refractivity contribution in [2.45, 2.75) is 38.5 Å². The highest BCUT2D eigenvalue weighted by Crippen LogP contribution is 2.24. The van der Waals surface area contributed by atoms with Gasteiger partial charge in [-0.1, -0.05) is 24.6 Å². The van der Waals surface area contributed by atoms with E-state index in [2.05, 4.69) is 55.1 Å². The van der Waals surface area contributed by atoms with Crippen LogP contribution >= 0.6 is 11.6 Å². The highest BCUT2D eigenvalue weighted by atomic mass is 35.5. The van der Waals surface area contributed by atoms with Crippen molar-refractivity contribution in [2.75, 3.05) is 25.0 Å². The summed E-state index contributed by atoms with van der Waals surface area (Å²) in [4.78, 5) is 26.0. The van der Waals surface area contributed by atoms with Crippen molar-refractivity contribution in [2.24, 2.45) is 4.99 Å². The molecule has 1 saturated heterocycles. The Morgan fingerprint density at radius 2 is 2.20 bits per heavy atom. The van der Waals surface area contributed by atoms with Gasteiger partial charge in [0.2, 0.25) is 0 Å². The summed E-state index contributed by atoms with van der Waals surface area (Å²) in [5.41, 5.74) is 1.45. The van der Waals surface area contributed by atoms with Crippen molar-refractivity contribution in [3.8, 4) is 0 Å². The molecule has 4 heterocycles. The van der Waals surface area contributed by atoms with Gasteiger partial charge in [-0.2, -0.15) is 0 Å². The lowest BCUT2D eigenvalue weighted by atomic mass is 10.1. The maximum atomic E-state index is 6.51. The molecule has 156 valence electrons. The summed E-state index contributed by atoms with van der Waals surface area (Å²) in [6, 6.07) is 6.31. The molecule has 2 aliphatic heterocycles. The molecule has 2 unspecified atom stereocenters. The Balaban J connectivity index is 1.51. The Labute approximate surface area is 179 Å². The zero-order valence-electron chi connectivity index (χ0n) is 17.1. The van der Waals surface area contributed by atoms with Gasteiger partial charge in [0.15, 0.2) is 11.5 Å². The lowest BCUT2D eigenvalue weighted by molar-refractivity contribution is 0.206. The number of rotatable bonds is 5. The molecular weight excluding hydrogens is 400 g/mol. The lowest BCUT2D eigenvalue weighted by Crippen LogP contribution is -2.53. The number of H-pyrrole nitrogens is 1. The molecule has 8 nitrogen and oxygen atoms in total. The topological polar surface area (TPSA) is 85.3 Å². The first-order valence-corrected chi connectivity index (χ1v) is 10.8. The van der Waals surface area contributed by atoms with Crippen LogP contribution in [0.3, 0.4) is 0 Å². The van der Waals surface area contributed by atoms with E-state index in [-0.39, 0.29) is 12.2 Å². The molecule has 1 fully saturated rings. The van der Waals surface area contributed by atoms with Crippen LogP contribution in [0.5, 0.6) is 0 Å². The zero-order chi connectivity index (χ0) is 20.7. The summed E-state index contributed by atoms with van der Waals surface area (Å²) < 4.78 is 0. The molecule has 0 amide bonds. The largest absolute Gasteiger partial charge is 0.362 e. The molecule has 0 radical (unpaired) electrons. The highest BCUT2D eigenvalue weighted by Gasteiger charge is 2.34. The molecule has 0 spiro atoms. The minimum atomic E-state index is -0.0780. The van der Waals surface area contributed by atoms with Gasteiger partial charge in [0.25, 0.3) is 0 Å². The van der Waals surface area contributed by atoms with Crippen LogP contribution in [-0.4, -0.2) is 67.6 Å². The number of fused-ring (bicyclic) bond motifs is 2. The van der Waals surface area contributed by atoms with Crippen LogP contribution in [0.15, 0.2) is 35.8 Å². The summed E-state index contributed by atoms with van der Waals surface area (Å²) >= 11 is 6.51. The molecule has 30 heavy (non-hydrogen) atoms. The Hall–Kier alpha value is -2.71. The molecule has 3 aromatic rings. The van der Waals surface area contributed by atoms with Gasteiger partial charge in [-0.25, -0.2) is 15.0 Å². The standard InChI is InChI=1S/C21H25ClN8/c1-3-29-8-7-14(9-29)30-10-15-16(22)5-4-6-17(15)28-21(30)13(2)27-20-18-19(24-11-23-18)25-12-26-20/h4-6,10-14,21H,3,7-9H2,1-2H3,(H2,23,24,25,26,27)/t13-,14?,21?/m0/s1. The first kappa shape index (κ1) is 19.3. The van der Waals surface area contributed by atoms with Gasteiger partial charge in [-0.3, -0.25) is 4.99 Å². The van der Waals surface area contributed by atoms with Gasteiger partial charge in [-0.15, -0.1) is 0 Å². The first-order valence-electron chi connectivity index (χ1n) is 10.4. The number of hydrogen-bond donors (Lipinski definition) is 2. The number of likely N-dealkylation sites (N-methyl/N-ethyl adjacent to an activating group) is 1. The number of likely N-dealkylation sites (tertiary alicyclic amines) is 1. The average Bonchev–Trinajstić information content (AvgIpc) is 3.43. The number of hydrogen-bond acceptors (Lipinski definition) is 7. The molecule has 1 aromatic carbocycles. The normalized spacial score (nSPS) is 22.4. The number of nitrogens with one attached hydrogen (secondary N) is 2. The number of halogens is 1. The fraction of sp³-hybridized carbons (Fsp3) is 0.429. The third-order valence-corrected chi connectivity index (χ3v) is 6.37. The van der Waals surface area contributed by atoms with E-state index in [1.807, 2.05) is 18.2 Å². The van der Waals surface area contributed by atoms with E-state index < -0.39 is 0 Å². The van der Waals surface area contributed by atoms with Gasteiger partial charge in [-0.05, 0) is 32.0 Å². The molecule has 5 rings (SSSR count). The van der Waals surface area contributed by atoms with Crippen molar-refractivity contribution in [3.63, 3.8) is 0 Å². The minimum absolute atomic E-state index is 0.00505. The van der Waals surface area contributed by atoms with Gasteiger partial charge in [0, 0.05) is 30.5 Å². The SMILES string of the molecule is CCN1CCC(N2C=c3c(Cl)cccc3=NC2[C@H](C)Nc2ncnc3nc[nH]c23)C1. The molecule has 2 N–H and O–H groups in total. The van der Waals surface area contributed by atoms with Crippen molar-refractivity contribution >= 4 is 34.8 Å². The van der Waals surface area contributed by atoms with E-state index in [4.69, 9.17) is 16.6 Å². The van der Waals surface area contributed by atoms with Gasteiger partial charge in [0.1, 0.15) is 18.0 Å². The molecule has 0 bridgehead atoms. The highest BCUT2D eigenvalue weighted by molar-refractivity contribution is 6.30. The number of aromatic nitrogens is 4. The third-order valence-electron chi connectivity index (χ3n) is 6.04. The van der Waals surface area contributed by atoms with E-state index in [0.717, 1.165) is 53.0 Å². The quantitative estimate of drug-likeness (QED) is 0.647. The summed E-state index contributed by atoms with van der Waals surface area (Å²) in [6.45, 7) is 7.56. The monoisotopic (exact) mass is 424 g/mol. The van der Waals surface area contributed by atoms with E-state index in [1.165, 1.54) is 6.33 Å². The first-order chi connectivity index (χ1) is 14.6. The number of nitrogens with zero attached hydrogens (tertiary/aromatic N) is 6. The number of benzene rings is 1. The van der Waals surface area contributed by atoms with Crippen LogP contribution in [0.25, 0.3) is 17.4 Å². The maximum absolute atomic E-state index is 6.51. The number of imidazole rings is 1. The van der Waals surface area contributed by atoms with Gasteiger partial charge >= 0.3 is 0 Å². The van der Waals surface area contributed by atoms with Crippen LogP contribution in [0.2, 0.25) is 5.02 Å².